The molecule has 2 rings (SSSR count). The third-order valence-corrected chi connectivity index (χ3v) is 6.31. The second-order valence-electron chi connectivity index (χ2n) is 9.65. The minimum atomic E-state index is -1.53. The van der Waals surface area contributed by atoms with Gasteiger partial charge in [0.15, 0.2) is 12.8 Å². The lowest BCUT2D eigenvalue weighted by Gasteiger charge is -2.28. The maximum atomic E-state index is 12.9. The second kappa shape index (κ2) is 21.9. The quantitative estimate of drug-likeness (QED) is 0.0686. The van der Waals surface area contributed by atoms with Gasteiger partial charge in [-0.2, -0.15) is 0 Å². The van der Waals surface area contributed by atoms with Crippen LogP contribution in [0.25, 0.3) is 0 Å². The molecule has 1 heterocycles. The predicted octanol–water partition coefficient (Wildman–Crippen LogP) is -1.32. The molecule has 1 aromatic rings. The number of rotatable bonds is 26. The van der Waals surface area contributed by atoms with Gasteiger partial charge in [-0.1, -0.05) is 6.07 Å². The molecule has 0 fully saturated rings. The molecule has 0 aliphatic carbocycles. The molecule has 0 saturated carbocycles. The molecule has 0 saturated heterocycles. The van der Waals surface area contributed by atoms with Gasteiger partial charge in [0.05, 0.1) is 77.2 Å². The van der Waals surface area contributed by atoms with E-state index in [0.717, 1.165) is 4.90 Å². The normalized spacial score (nSPS) is 14.6. The number of fused-ring (bicyclic) bond motifs is 1. The number of amides is 4. The Morgan fingerprint density at radius 2 is 1.44 bits per heavy atom. The summed E-state index contributed by atoms with van der Waals surface area (Å²) in [6.45, 7) is 5.68. The smallest absolute Gasteiger partial charge is 0.258 e. The fraction of sp³-hybridized carbons (Fsp3) is 0.621. The molecule has 0 radical (unpaired) electrons. The van der Waals surface area contributed by atoms with Gasteiger partial charge >= 0.3 is 0 Å². The summed E-state index contributed by atoms with van der Waals surface area (Å²) in [7, 11) is 0. The maximum Gasteiger partial charge on any atom is 0.258 e. The highest BCUT2D eigenvalue weighted by Gasteiger charge is 2.43. The Hall–Kier alpha value is -3.67. The lowest BCUT2D eigenvalue weighted by molar-refractivity contribution is -0.126. The summed E-state index contributed by atoms with van der Waals surface area (Å²) in [4.78, 5) is 59.5. The predicted molar refractivity (Wildman–Crippen MR) is 157 cm³/mol. The highest BCUT2D eigenvalue weighted by Crippen LogP contribution is 2.39. The van der Waals surface area contributed by atoms with Gasteiger partial charge in [0, 0.05) is 26.4 Å². The molecule has 1 aromatic carbocycles. The van der Waals surface area contributed by atoms with E-state index in [4.69, 9.17) is 34.2 Å². The topological polar surface area (TPSA) is 214 Å². The van der Waals surface area contributed by atoms with Crippen LogP contribution in [0.15, 0.2) is 18.2 Å². The van der Waals surface area contributed by atoms with Crippen molar-refractivity contribution in [2.24, 2.45) is 5.73 Å². The summed E-state index contributed by atoms with van der Waals surface area (Å²) in [6.07, 6.45) is -0.985. The number of benzene rings is 1. The van der Waals surface area contributed by atoms with Crippen molar-refractivity contribution in [1.82, 2.24) is 15.5 Å². The molecule has 1 aliphatic rings. The molecule has 0 aromatic heterocycles. The summed E-state index contributed by atoms with van der Waals surface area (Å²) >= 11 is 0. The number of nitrogens with zero attached hydrogens (tertiary/aromatic N) is 1. The van der Waals surface area contributed by atoms with Crippen LogP contribution in [0.3, 0.4) is 0 Å². The Morgan fingerprint density at radius 1 is 0.911 bits per heavy atom. The third-order valence-electron chi connectivity index (χ3n) is 6.31. The lowest BCUT2D eigenvalue weighted by atomic mass is 10.1. The molecule has 1 aliphatic heterocycles. The van der Waals surface area contributed by atoms with E-state index in [1.165, 1.54) is 25.1 Å². The second-order valence-corrected chi connectivity index (χ2v) is 9.65. The van der Waals surface area contributed by atoms with Gasteiger partial charge < -0.3 is 54.7 Å². The Labute approximate surface area is 261 Å². The Kier molecular flexibility index (Phi) is 18.3. The molecule has 252 valence electrons. The van der Waals surface area contributed by atoms with Gasteiger partial charge in [-0.3, -0.25) is 24.1 Å². The zero-order valence-corrected chi connectivity index (χ0v) is 25.5. The van der Waals surface area contributed by atoms with E-state index in [9.17, 15) is 29.1 Å². The van der Waals surface area contributed by atoms with E-state index >= 15 is 0 Å². The number of aliphatic hydroxyl groups is 1. The minimum absolute atomic E-state index is 0.0186. The number of carbonyl (C=O) groups is 5. The van der Waals surface area contributed by atoms with Crippen molar-refractivity contribution >= 4 is 29.9 Å². The number of hydrogen-bond acceptors (Lipinski definition) is 12. The van der Waals surface area contributed by atoms with Crippen molar-refractivity contribution in [3.05, 3.63) is 29.3 Å². The Balaban J connectivity index is 1.51. The monoisotopic (exact) mass is 640 g/mol. The van der Waals surface area contributed by atoms with E-state index < -0.39 is 30.0 Å². The minimum Gasteiger partial charge on any atom is -0.483 e. The molecule has 2 unspecified atom stereocenters. The molecule has 5 N–H and O–H groups in total. The number of primary amides is 1. The number of carbonyl (C=O) groups excluding carboxylic acids is 5. The van der Waals surface area contributed by atoms with Crippen LogP contribution in [-0.2, 0) is 42.9 Å². The number of hydrogen-bond donors (Lipinski definition) is 4. The highest BCUT2D eigenvalue weighted by molar-refractivity contribution is 6.02. The van der Waals surface area contributed by atoms with Crippen molar-refractivity contribution in [2.45, 2.75) is 32.0 Å². The maximum absolute atomic E-state index is 12.9. The number of nitrogens with two attached hydrogens (primary N) is 1. The number of aliphatic hydroxyl groups excluding tert-OH is 1. The standard InChI is InChI=1S/C29H44N4O12/c1-21(35)31-7-10-40-12-14-42-16-18-44-19-17-43-15-13-41-11-8-32-25(36)20-45-24-6-2-4-22-26(24)29(39)33(28(22)38)23(27(30)37)5-3-9-34/h2,4,6,9,23,29,39H,3,5,7-8,10-20H2,1H3,(H2,30,37)(H,31,35)(H,32,36). The van der Waals surface area contributed by atoms with Crippen molar-refractivity contribution in [3.8, 4) is 5.75 Å². The molecule has 4 amide bonds. The van der Waals surface area contributed by atoms with Crippen LogP contribution < -0.4 is 21.1 Å². The third kappa shape index (κ3) is 13.9. The zero-order valence-electron chi connectivity index (χ0n) is 25.5. The van der Waals surface area contributed by atoms with Gasteiger partial charge in [-0.05, 0) is 18.6 Å². The van der Waals surface area contributed by atoms with Crippen molar-refractivity contribution in [3.63, 3.8) is 0 Å². The van der Waals surface area contributed by atoms with Crippen LogP contribution in [0.4, 0.5) is 0 Å². The molecular weight excluding hydrogens is 596 g/mol. The number of nitrogens with one attached hydrogen (secondary N) is 2. The van der Waals surface area contributed by atoms with E-state index in [2.05, 4.69) is 10.6 Å². The average Bonchev–Trinajstić information content (AvgIpc) is 3.26. The Bertz CT molecular complexity index is 1090. The van der Waals surface area contributed by atoms with Gasteiger partial charge in [0.25, 0.3) is 11.8 Å². The van der Waals surface area contributed by atoms with E-state index in [1.54, 1.807) is 0 Å². The van der Waals surface area contributed by atoms with E-state index in [0.29, 0.717) is 72.3 Å². The first-order valence-electron chi connectivity index (χ1n) is 14.7. The van der Waals surface area contributed by atoms with Gasteiger partial charge in [-0.15, -0.1) is 0 Å². The summed E-state index contributed by atoms with van der Waals surface area (Å²) in [5.74, 6) is -1.91. The molecule has 16 heteroatoms. The fourth-order valence-electron chi connectivity index (χ4n) is 4.21. The van der Waals surface area contributed by atoms with Crippen molar-refractivity contribution in [1.29, 1.82) is 0 Å². The van der Waals surface area contributed by atoms with Crippen LogP contribution in [0.1, 0.15) is 41.9 Å². The molecular formula is C29H44N4O12. The van der Waals surface area contributed by atoms with Crippen molar-refractivity contribution < 1.29 is 57.5 Å². The summed E-state index contributed by atoms with van der Waals surface area (Å²) in [5.41, 5.74) is 5.65. The first-order valence-corrected chi connectivity index (χ1v) is 14.7. The van der Waals surface area contributed by atoms with Crippen LogP contribution in [0.5, 0.6) is 5.75 Å². The van der Waals surface area contributed by atoms with Crippen molar-refractivity contribution in [2.75, 3.05) is 85.8 Å². The van der Waals surface area contributed by atoms with Gasteiger partial charge in [0.2, 0.25) is 11.8 Å². The van der Waals surface area contributed by atoms with Crippen LogP contribution in [0.2, 0.25) is 0 Å². The zero-order chi connectivity index (χ0) is 32.9. The van der Waals surface area contributed by atoms with Crippen LogP contribution in [-0.4, -0.2) is 132 Å². The number of ether oxygens (including phenoxy) is 6. The SMILES string of the molecule is CC(=O)NCCOCCOCCOCCOCCOCCNC(=O)COc1cccc2c1C(O)N(C(CCC=O)C(N)=O)C2=O. The number of aldehydes is 1. The lowest BCUT2D eigenvalue weighted by Crippen LogP contribution is -2.46. The van der Waals surface area contributed by atoms with E-state index in [-0.39, 0.29) is 55.4 Å². The summed E-state index contributed by atoms with van der Waals surface area (Å²) < 4.78 is 32.5. The molecule has 45 heavy (non-hydrogen) atoms. The average molecular weight is 641 g/mol. The first kappa shape index (κ1) is 37.5. The summed E-state index contributed by atoms with van der Waals surface area (Å²) in [6, 6.07) is 3.31. The molecule has 0 bridgehead atoms. The first-order chi connectivity index (χ1) is 21.8. The van der Waals surface area contributed by atoms with E-state index in [1.807, 2.05) is 0 Å². The molecule has 2 atom stereocenters. The largest absolute Gasteiger partial charge is 0.483 e. The van der Waals surface area contributed by atoms with Gasteiger partial charge in [-0.25, -0.2) is 0 Å². The van der Waals surface area contributed by atoms with Crippen LogP contribution >= 0.6 is 0 Å². The molecule has 16 nitrogen and oxygen atoms in total. The Morgan fingerprint density at radius 3 is 1.96 bits per heavy atom. The fourth-order valence-corrected chi connectivity index (χ4v) is 4.21. The van der Waals surface area contributed by atoms with Crippen LogP contribution in [0, 0.1) is 0 Å². The highest BCUT2D eigenvalue weighted by atomic mass is 16.6. The van der Waals surface area contributed by atoms with Gasteiger partial charge in [0.1, 0.15) is 18.1 Å². The summed E-state index contributed by atoms with van der Waals surface area (Å²) in [5, 5.41) is 16.1. The molecule has 0 spiro atoms.